The molecule has 0 radical (unpaired) electrons. The van der Waals surface area contributed by atoms with Crippen LogP contribution in [0.1, 0.15) is 22.6 Å². The van der Waals surface area contributed by atoms with E-state index in [9.17, 15) is 4.79 Å². The van der Waals surface area contributed by atoms with Crippen molar-refractivity contribution in [1.29, 1.82) is 0 Å². The van der Waals surface area contributed by atoms with Gasteiger partial charge in [-0.05, 0) is 31.5 Å². The van der Waals surface area contributed by atoms with Gasteiger partial charge < -0.3 is 19.0 Å². The molecule has 0 atom stereocenters. The molecule has 4 rings (SSSR count). The molecule has 0 spiro atoms. The largest absolute Gasteiger partial charge is 0.461 e. The Morgan fingerprint density at radius 1 is 1.13 bits per heavy atom. The topological polar surface area (TPSA) is 95.3 Å². The molecule has 30 heavy (non-hydrogen) atoms. The second-order valence-corrected chi connectivity index (χ2v) is 6.89. The van der Waals surface area contributed by atoms with Gasteiger partial charge in [0, 0.05) is 6.07 Å². The minimum atomic E-state index is -0.254. The number of hydrogen-bond donors (Lipinski definition) is 1. The van der Waals surface area contributed by atoms with Crippen LogP contribution >= 0.6 is 0 Å². The standard InChI is InChI=1S/C22H22N4O4/c1-15-22(16(2)26(24-15)12-17-7-4-3-5-8-17)23-21(27)14-28-13-18-11-20(30-25-18)19-9-6-10-29-19/h3-11H,12-14H2,1-2H3,(H,23,27). The van der Waals surface area contributed by atoms with Gasteiger partial charge in [0.1, 0.15) is 12.3 Å². The van der Waals surface area contributed by atoms with Gasteiger partial charge in [0.15, 0.2) is 5.76 Å². The lowest BCUT2D eigenvalue weighted by atomic mass is 10.2. The highest BCUT2D eigenvalue weighted by Crippen LogP contribution is 2.22. The first-order valence-corrected chi connectivity index (χ1v) is 9.55. The minimum absolute atomic E-state index is 0.105. The summed E-state index contributed by atoms with van der Waals surface area (Å²) in [6, 6.07) is 15.3. The third-order valence-electron chi connectivity index (χ3n) is 4.63. The van der Waals surface area contributed by atoms with Crippen LogP contribution in [-0.2, 0) is 22.7 Å². The molecule has 8 heteroatoms. The fourth-order valence-corrected chi connectivity index (χ4v) is 3.13. The van der Waals surface area contributed by atoms with Gasteiger partial charge in [0.05, 0.1) is 36.5 Å². The van der Waals surface area contributed by atoms with Gasteiger partial charge in [-0.3, -0.25) is 9.48 Å². The number of nitrogens with zero attached hydrogens (tertiary/aromatic N) is 3. The highest BCUT2D eigenvalue weighted by molar-refractivity contribution is 5.92. The number of amides is 1. The van der Waals surface area contributed by atoms with E-state index in [4.69, 9.17) is 13.7 Å². The van der Waals surface area contributed by atoms with Crippen LogP contribution in [0.4, 0.5) is 5.69 Å². The zero-order valence-electron chi connectivity index (χ0n) is 16.8. The average Bonchev–Trinajstić information content (AvgIpc) is 3.47. The number of aryl methyl sites for hydroxylation is 1. The Hall–Kier alpha value is -3.65. The normalized spacial score (nSPS) is 11.0. The minimum Gasteiger partial charge on any atom is -0.461 e. The second kappa shape index (κ2) is 8.79. The summed E-state index contributed by atoms with van der Waals surface area (Å²) in [7, 11) is 0. The summed E-state index contributed by atoms with van der Waals surface area (Å²) >= 11 is 0. The molecule has 3 heterocycles. The van der Waals surface area contributed by atoms with Gasteiger partial charge in [0.25, 0.3) is 0 Å². The number of hydrogen-bond acceptors (Lipinski definition) is 6. The van der Waals surface area contributed by atoms with Gasteiger partial charge in [0.2, 0.25) is 11.7 Å². The van der Waals surface area contributed by atoms with Crippen molar-refractivity contribution in [1.82, 2.24) is 14.9 Å². The molecule has 4 aromatic rings. The SMILES string of the molecule is Cc1nn(Cc2ccccc2)c(C)c1NC(=O)COCc1cc(-c2ccco2)on1. The van der Waals surface area contributed by atoms with Gasteiger partial charge in [-0.15, -0.1) is 0 Å². The van der Waals surface area contributed by atoms with Gasteiger partial charge in [-0.2, -0.15) is 5.10 Å². The number of aromatic nitrogens is 3. The third kappa shape index (κ3) is 4.49. The van der Waals surface area contributed by atoms with E-state index < -0.39 is 0 Å². The molecular formula is C22H22N4O4. The molecule has 8 nitrogen and oxygen atoms in total. The van der Waals surface area contributed by atoms with Crippen molar-refractivity contribution < 1.29 is 18.5 Å². The predicted molar refractivity (Wildman–Crippen MR) is 110 cm³/mol. The van der Waals surface area contributed by atoms with E-state index in [1.54, 1.807) is 24.5 Å². The monoisotopic (exact) mass is 406 g/mol. The summed E-state index contributed by atoms with van der Waals surface area (Å²) in [5.41, 5.74) is 4.09. The van der Waals surface area contributed by atoms with Crippen molar-refractivity contribution in [2.75, 3.05) is 11.9 Å². The molecule has 3 aromatic heterocycles. The molecule has 0 saturated heterocycles. The summed E-state index contributed by atoms with van der Waals surface area (Å²) in [5, 5.41) is 11.4. The van der Waals surface area contributed by atoms with E-state index in [1.807, 2.05) is 48.9 Å². The lowest BCUT2D eigenvalue weighted by Crippen LogP contribution is -2.19. The van der Waals surface area contributed by atoms with Crippen LogP contribution in [0.5, 0.6) is 0 Å². The predicted octanol–water partition coefficient (Wildman–Crippen LogP) is 3.95. The van der Waals surface area contributed by atoms with Crippen LogP contribution < -0.4 is 5.32 Å². The Labute approximate surface area is 173 Å². The number of benzene rings is 1. The van der Waals surface area contributed by atoms with E-state index in [0.29, 0.717) is 29.4 Å². The van der Waals surface area contributed by atoms with Crippen LogP contribution in [0.15, 0.2) is 63.7 Å². The highest BCUT2D eigenvalue weighted by atomic mass is 16.5. The fourth-order valence-electron chi connectivity index (χ4n) is 3.13. The summed E-state index contributed by atoms with van der Waals surface area (Å²) in [6.45, 7) is 4.50. The summed E-state index contributed by atoms with van der Waals surface area (Å²) in [4.78, 5) is 12.3. The molecule has 1 N–H and O–H groups in total. The first-order valence-electron chi connectivity index (χ1n) is 9.55. The molecule has 0 aliphatic carbocycles. The number of carbonyl (C=O) groups is 1. The number of furan rings is 1. The van der Waals surface area contributed by atoms with Crippen molar-refractivity contribution in [3.05, 3.63) is 77.4 Å². The smallest absolute Gasteiger partial charge is 0.250 e. The Bertz CT molecular complexity index is 1110. The van der Waals surface area contributed by atoms with Crippen LogP contribution in [-0.4, -0.2) is 27.5 Å². The zero-order chi connectivity index (χ0) is 20.9. The van der Waals surface area contributed by atoms with Gasteiger partial charge in [-0.1, -0.05) is 35.5 Å². The Kier molecular flexibility index (Phi) is 5.76. The molecule has 0 aliphatic heterocycles. The molecule has 0 saturated carbocycles. The molecule has 1 amide bonds. The highest BCUT2D eigenvalue weighted by Gasteiger charge is 2.15. The lowest BCUT2D eigenvalue weighted by Gasteiger charge is -2.07. The second-order valence-electron chi connectivity index (χ2n) is 6.89. The average molecular weight is 406 g/mol. The van der Waals surface area contributed by atoms with E-state index in [-0.39, 0.29) is 19.1 Å². The van der Waals surface area contributed by atoms with Gasteiger partial charge >= 0.3 is 0 Å². The first-order chi connectivity index (χ1) is 14.6. The fraction of sp³-hybridized carbons (Fsp3) is 0.227. The summed E-state index contributed by atoms with van der Waals surface area (Å²) < 4.78 is 17.8. The zero-order valence-corrected chi connectivity index (χ0v) is 16.8. The number of rotatable bonds is 8. The molecule has 0 unspecified atom stereocenters. The van der Waals surface area contributed by atoms with Crippen LogP contribution in [0.25, 0.3) is 11.5 Å². The lowest BCUT2D eigenvalue weighted by molar-refractivity contribution is -0.121. The molecule has 1 aromatic carbocycles. The molecular weight excluding hydrogens is 384 g/mol. The molecule has 0 fully saturated rings. The third-order valence-corrected chi connectivity index (χ3v) is 4.63. The molecule has 0 aliphatic rings. The summed E-state index contributed by atoms with van der Waals surface area (Å²) in [6.07, 6.45) is 1.56. The first kappa shape index (κ1) is 19.7. The number of nitrogens with one attached hydrogen (secondary N) is 1. The quantitative estimate of drug-likeness (QED) is 0.476. The Morgan fingerprint density at radius 3 is 2.73 bits per heavy atom. The van der Waals surface area contributed by atoms with Crippen LogP contribution in [0.2, 0.25) is 0 Å². The van der Waals surface area contributed by atoms with E-state index in [1.165, 1.54) is 0 Å². The van der Waals surface area contributed by atoms with E-state index in [0.717, 1.165) is 17.0 Å². The van der Waals surface area contributed by atoms with Crippen LogP contribution in [0, 0.1) is 13.8 Å². The number of ether oxygens (including phenoxy) is 1. The van der Waals surface area contributed by atoms with Crippen molar-refractivity contribution in [2.24, 2.45) is 0 Å². The van der Waals surface area contributed by atoms with Crippen LogP contribution in [0.3, 0.4) is 0 Å². The number of carbonyl (C=O) groups excluding carboxylic acids is 1. The van der Waals surface area contributed by atoms with Crippen molar-refractivity contribution in [2.45, 2.75) is 27.0 Å². The van der Waals surface area contributed by atoms with Crippen molar-refractivity contribution in [3.8, 4) is 11.5 Å². The Balaban J connectivity index is 1.31. The number of anilines is 1. The van der Waals surface area contributed by atoms with Crippen molar-refractivity contribution >= 4 is 11.6 Å². The van der Waals surface area contributed by atoms with Gasteiger partial charge in [-0.25, -0.2) is 0 Å². The van der Waals surface area contributed by atoms with Crippen molar-refractivity contribution in [3.63, 3.8) is 0 Å². The maximum atomic E-state index is 12.3. The van der Waals surface area contributed by atoms with E-state index in [2.05, 4.69) is 15.6 Å². The maximum absolute atomic E-state index is 12.3. The maximum Gasteiger partial charge on any atom is 0.250 e. The summed E-state index contributed by atoms with van der Waals surface area (Å²) in [5.74, 6) is 0.848. The molecule has 154 valence electrons. The Morgan fingerprint density at radius 2 is 1.97 bits per heavy atom. The van der Waals surface area contributed by atoms with E-state index >= 15 is 0 Å². The molecule has 0 bridgehead atoms.